The molecule has 92 valence electrons. The van der Waals surface area contributed by atoms with E-state index in [0.29, 0.717) is 5.57 Å². The predicted molar refractivity (Wildman–Crippen MR) is 78.1 cm³/mol. The topological polar surface area (TPSA) is 47.6 Å². The summed E-state index contributed by atoms with van der Waals surface area (Å²) in [7, 11) is 0. The van der Waals surface area contributed by atoms with Crippen LogP contribution in [-0.2, 0) is 0 Å². The second-order valence-corrected chi connectivity index (χ2v) is 4.48. The first kappa shape index (κ1) is 12.0. The van der Waals surface area contributed by atoms with E-state index in [2.05, 4.69) is 0 Å². The van der Waals surface area contributed by atoms with Crippen LogP contribution in [0, 0.1) is 22.7 Å². The lowest BCUT2D eigenvalue weighted by Gasteiger charge is -2.05. The van der Waals surface area contributed by atoms with E-state index >= 15 is 0 Å². The van der Waals surface area contributed by atoms with Gasteiger partial charge in [0.1, 0.15) is 17.7 Å². The van der Waals surface area contributed by atoms with Crippen LogP contribution < -0.4 is 0 Å². The molecule has 0 radical (unpaired) electrons. The first-order valence-corrected chi connectivity index (χ1v) is 6.26. The van der Waals surface area contributed by atoms with Crippen molar-refractivity contribution >= 4 is 11.1 Å². The summed E-state index contributed by atoms with van der Waals surface area (Å²) in [5.41, 5.74) is 5.03. The van der Waals surface area contributed by atoms with E-state index in [9.17, 15) is 0 Å². The molecule has 0 aliphatic heterocycles. The molecule has 0 spiro atoms. The molecule has 0 saturated heterocycles. The van der Waals surface area contributed by atoms with Crippen molar-refractivity contribution in [1.82, 2.24) is 0 Å². The summed E-state index contributed by atoms with van der Waals surface area (Å²) in [6.07, 6.45) is 1.93. The third-order valence-corrected chi connectivity index (χ3v) is 3.37. The molecule has 1 aliphatic carbocycles. The van der Waals surface area contributed by atoms with Gasteiger partial charge in [0, 0.05) is 5.57 Å². The van der Waals surface area contributed by atoms with Gasteiger partial charge in [-0.3, -0.25) is 0 Å². The van der Waals surface area contributed by atoms with Gasteiger partial charge in [0.05, 0.1) is 0 Å². The van der Waals surface area contributed by atoms with Crippen LogP contribution in [0.3, 0.4) is 0 Å². The number of allylic oxidation sites excluding steroid dienone is 3. The fraction of sp³-hybridized carbons (Fsp3) is 0. The van der Waals surface area contributed by atoms with Gasteiger partial charge in [-0.25, -0.2) is 0 Å². The van der Waals surface area contributed by atoms with E-state index in [-0.39, 0.29) is 5.57 Å². The van der Waals surface area contributed by atoms with Crippen molar-refractivity contribution in [3.8, 4) is 12.1 Å². The second kappa shape index (κ2) is 4.88. The van der Waals surface area contributed by atoms with Crippen LogP contribution in [0.4, 0.5) is 0 Å². The maximum Gasteiger partial charge on any atom is 0.137 e. The fourth-order valence-corrected chi connectivity index (χ4v) is 2.46. The van der Waals surface area contributed by atoms with Crippen molar-refractivity contribution < 1.29 is 0 Å². The van der Waals surface area contributed by atoms with Crippen molar-refractivity contribution in [1.29, 1.82) is 10.5 Å². The van der Waals surface area contributed by atoms with Crippen LogP contribution in [0.5, 0.6) is 0 Å². The van der Waals surface area contributed by atoms with E-state index in [1.54, 1.807) is 0 Å². The summed E-state index contributed by atoms with van der Waals surface area (Å²) < 4.78 is 0. The van der Waals surface area contributed by atoms with E-state index < -0.39 is 0 Å². The Morgan fingerprint density at radius 1 is 0.750 bits per heavy atom. The largest absolute Gasteiger partial charge is 0.192 e. The zero-order chi connectivity index (χ0) is 13.9. The van der Waals surface area contributed by atoms with Gasteiger partial charge >= 0.3 is 0 Å². The van der Waals surface area contributed by atoms with Crippen LogP contribution in [0.2, 0.25) is 0 Å². The summed E-state index contributed by atoms with van der Waals surface area (Å²) >= 11 is 0. The molecule has 0 amide bonds. The molecule has 0 heterocycles. The fourth-order valence-electron chi connectivity index (χ4n) is 2.46. The minimum atomic E-state index is 0.156. The normalized spacial score (nSPS) is 12.1. The predicted octanol–water partition coefficient (Wildman–Crippen LogP) is 3.93. The average molecular weight is 254 g/mol. The molecular formula is C18H10N2. The molecule has 20 heavy (non-hydrogen) atoms. The quantitative estimate of drug-likeness (QED) is 0.724. The lowest BCUT2D eigenvalue weighted by atomic mass is 9.98. The zero-order valence-electron chi connectivity index (χ0n) is 10.7. The van der Waals surface area contributed by atoms with Gasteiger partial charge in [0.15, 0.2) is 0 Å². The molecule has 2 heteroatoms. The van der Waals surface area contributed by atoms with Gasteiger partial charge in [-0.1, -0.05) is 54.6 Å². The van der Waals surface area contributed by atoms with Crippen molar-refractivity contribution in [3.05, 3.63) is 82.9 Å². The van der Waals surface area contributed by atoms with Gasteiger partial charge in [-0.15, -0.1) is 0 Å². The van der Waals surface area contributed by atoms with Crippen LogP contribution in [-0.4, -0.2) is 0 Å². The molecule has 1 aliphatic rings. The van der Waals surface area contributed by atoms with Crippen LogP contribution >= 0.6 is 0 Å². The summed E-state index contributed by atoms with van der Waals surface area (Å²) in [5.74, 6) is 0. The number of hydrogen-bond donors (Lipinski definition) is 0. The molecule has 0 fully saturated rings. The Hall–Kier alpha value is -3.10. The van der Waals surface area contributed by atoms with Gasteiger partial charge in [0.2, 0.25) is 0 Å². The third-order valence-electron chi connectivity index (χ3n) is 3.37. The second-order valence-electron chi connectivity index (χ2n) is 4.48. The number of benzene rings is 2. The smallest absolute Gasteiger partial charge is 0.137 e. The Labute approximate surface area is 117 Å². The summed E-state index contributed by atoms with van der Waals surface area (Å²) in [4.78, 5) is 0. The number of hydrogen-bond acceptors (Lipinski definition) is 2. The van der Waals surface area contributed by atoms with Crippen LogP contribution in [0.25, 0.3) is 11.1 Å². The van der Waals surface area contributed by atoms with Crippen LogP contribution in [0.1, 0.15) is 16.7 Å². The zero-order valence-corrected chi connectivity index (χ0v) is 10.7. The highest BCUT2D eigenvalue weighted by molar-refractivity contribution is 6.03. The van der Waals surface area contributed by atoms with Crippen molar-refractivity contribution in [2.75, 3.05) is 0 Å². The molecule has 0 unspecified atom stereocenters. The summed E-state index contributed by atoms with van der Waals surface area (Å²) in [6, 6.07) is 21.8. The van der Waals surface area contributed by atoms with E-state index in [1.165, 1.54) is 0 Å². The Kier molecular flexibility index (Phi) is 2.92. The highest BCUT2D eigenvalue weighted by atomic mass is 14.3. The SMILES string of the molecule is N#CC(C#N)=C1C=C(c2ccccc2)c2ccccc21. The van der Waals surface area contributed by atoms with Crippen molar-refractivity contribution in [3.63, 3.8) is 0 Å². The number of nitriles is 2. The van der Waals surface area contributed by atoms with Crippen molar-refractivity contribution in [2.24, 2.45) is 0 Å². The van der Waals surface area contributed by atoms with E-state index in [0.717, 1.165) is 22.3 Å². The number of nitrogens with zero attached hydrogens (tertiary/aromatic N) is 2. The van der Waals surface area contributed by atoms with Crippen LogP contribution in [0.15, 0.2) is 66.2 Å². The maximum atomic E-state index is 9.11. The first-order chi connectivity index (χ1) is 9.85. The first-order valence-electron chi connectivity index (χ1n) is 6.26. The van der Waals surface area contributed by atoms with Gasteiger partial charge in [0.25, 0.3) is 0 Å². The molecule has 0 bridgehead atoms. The summed E-state index contributed by atoms with van der Waals surface area (Å²) in [6.45, 7) is 0. The monoisotopic (exact) mass is 254 g/mol. The minimum Gasteiger partial charge on any atom is -0.192 e. The highest BCUT2D eigenvalue weighted by Crippen LogP contribution is 2.39. The van der Waals surface area contributed by atoms with Gasteiger partial charge < -0.3 is 0 Å². The third kappa shape index (κ3) is 1.81. The molecule has 2 aromatic rings. The standard InChI is InChI=1S/C18H10N2/c19-11-14(12-20)18-10-17(13-6-2-1-3-7-13)15-8-4-5-9-16(15)18/h1-10H. The minimum absolute atomic E-state index is 0.156. The van der Waals surface area contributed by atoms with E-state index in [4.69, 9.17) is 10.5 Å². The highest BCUT2D eigenvalue weighted by Gasteiger charge is 2.21. The molecule has 0 saturated carbocycles. The molecule has 2 aromatic carbocycles. The molecule has 0 atom stereocenters. The Balaban J connectivity index is 2.29. The maximum absolute atomic E-state index is 9.11. The van der Waals surface area contributed by atoms with Gasteiger partial charge in [-0.2, -0.15) is 10.5 Å². The molecule has 0 N–H and O–H groups in total. The Morgan fingerprint density at radius 3 is 2.00 bits per heavy atom. The molecule has 2 nitrogen and oxygen atoms in total. The average Bonchev–Trinajstić information content (AvgIpc) is 2.90. The van der Waals surface area contributed by atoms with Crippen molar-refractivity contribution in [2.45, 2.75) is 0 Å². The summed E-state index contributed by atoms with van der Waals surface area (Å²) in [5, 5.41) is 18.2. The number of rotatable bonds is 1. The molecular weight excluding hydrogens is 244 g/mol. The Morgan fingerprint density at radius 2 is 1.35 bits per heavy atom. The molecule has 3 rings (SSSR count). The Bertz CT molecular complexity index is 796. The number of fused-ring (bicyclic) bond motifs is 1. The van der Waals surface area contributed by atoms with Gasteiger partial charge in [-0.05, 0) is 28.3 Å². The lowest BCUT2D eigenvalue weighted by molar-refractivity contribution is 1.46. The lowest BCUT2D eigenvalue weighted by Crippen LogP contribution is -1.86. The molecule has 0 aromatic heterocycles. The van der Waals surface area contributed by atoms with E-state index in [1.807, 2.05) is 72.8 Å².